The van der Waals surface area contributed by atoms with E-state index >= 15 is 0 Å². The minimum Gasteiger partial charge on any atom is -0.480 e. The van der Waals surface area contributed by atoms with Crippen LogP contribution in [0.2, 0.25) is 0 Å². The second-order valence-electron chi connectivity index (χ2n) is 5.14. The lowest BCUT2D eigenvalue weighted by atomic mass is 9.98. The normalized spacial score (nSPS) is 16.5. The molecule has 0 unspecified atom stereocenters. The molecule has 0 heterocycles. The van der Waals surface area contributed by atoms with Gasteiger partial charge in [-0.25, -0.2) is 14.0 Å². The first-order valence-electron chi connectivity index (χ1n) is 6.66. The predicted octanol–water partition coefficient (Wildman–Crippen LogP) is 2.78. The van der Waals surface area contributed by atoms with Crippen LogP contribution in [0.4, 0.5) is 9.18 Å². The summed E-state index contributed by atoms with van der Waals surface area (Å²) in [6.07, 6.45) is 2.46. The highest BCUT2D eigenvalue weighted by molar-refractivity contribution is 9.10. The van der Waals surface area contributed by atoms with Crippen LogP contribution in [0.15, 0.2) is 22.7 Å². The summed E-state index contributed by atoms with van der Waals surface area (Å²) in [4.78, 5) is 23.2. The Labute approximate surface area is 130 Å². The monoisotopic (exact) mass is 358 g/mol. The largest absolute Gasteiger partial charge is 0.480 e. The molecule has 5 nitrogen and oxygen atoms in total. The molecule has 0 atom stereocenters. The fourth-order valence-corrected chi connectivity index (χ4v) is 2.96. The van der Waals surface area contributed by atoms with Crippen molar-refractivity contribution in [3.05, 3.63) is 34.1 Å². The van der Waals surface area contributed by atoms with Gasteiger partial charge >= 0.3 is 12.0 Å². The van der Waals surface area contributed by atoms with Gasteiger partial charge in [-0.05, 0) is 30.5 Å². The fourth-order valence-electron chi connectivity index (χ4n) is 2.47. The number of urea groups is 1. The van der Waals surface area contributed by atoms with Gasteiger partial charge in [0.1, 0.15) is 11.4 Å². The second-order valence-corrected chi connectivity index (χ2v) is 5.99. The Bertz CT molecular complexity index is 559. The maximum Gasteiger partial charge on any atom is 0.329 e. The van der Waals surface area contributed by atoms with Crippen LogP contribution in [0.3, 0.4) is 0 Å². The number of carboxylic acids is 1. The molecule has 21 heavy (non-hydrogen) atoms. The van der Waals surface area contributed by atoms with Gasteiger partial charge in [-0.3, -0.25) is 0 Å². The van der Waals surface area contributed by atoms with Crippen molar-refractivity contribution in [1.29, 1.82) is 0 Å². The molecule has 0 radical (unpaired) electrons. The lowest BCUT2D eigenvalue weighted by Gasteiger charge is -2.25. The highest BCUT2D eigenvalue weighted by Gasteiger charge is 2.42. The van der Waals surface area contributed by atoms with Crippen LogP contribution < -0.4 is 10.6 Å². The Morgan fingerprint density at radius 1 is 1.33 bits per heavy atom. The minimum atomic E-state index is -1.16. The third-order valence-electron chi connectivity index (χ3n) is 3.67. The molecule has 0 saturated heterocycles. The van der Waals surface area contributed by atoms with E-state index in [1.165, 1.54) is 12.1 Å². The number of rotatable bonds is 4. The summed E-state index contributed by atoms with van der Waals surface area (Å²) in [5, 5.41) is 14.4. The molecule has 0 bridgehead atoms. The summed E-state index contributed by atoms with van der Waals surface area (Å²) in [5.41, 5.74) is -0.452. The smallest absolute Gasteiger partial charge is 0.329 e. The molecule has 2 rings (SSSR count). The summed E-state index contributed by atoms with van der Waals surface area (Å²) < 4.78 is 13.5. The summed E-state index contributed by atoms with van der Waals surface area (Å²) in [7, 11) is 0. The predicted molar refractivity (Wildman–Crippen MR) is 78.3 cm³/mol. The molecule has 0 aromatic heterocycles. The number of amides is 2. The van der Waals surface area contributed by atoms with Crippen LogP contribution in [0.25, 0.3) is 0 Å². The van der Waals surface area contributed by atoms with Crippen LogP contribution in [0, 0.1) is 5.82 Å². The van der Waals surface area contributed by atoms with Gasteiger partial charge in [0, 0.05) is 11.0 Å². The van der Waals surface area contributed by atoms with Crippen molar-refractivity contribution in [3.63, 3.8) is 0 Å². The van der Waals surface area contributed by atoms with Crippen LogP contribution in [-0.4, -0.2) is 22.6 Å². The van der Waals surface area contributed by atoms with E-state index in [4.69, 9.17) is 0 Å². The van der Waals surface area contributed by atoms with Crippen LogP contribution in [0.1, 0.15) is 31.2 Å². The number of aliphatic carboxylic acids is 1. The van der Waals surface area contributed by atoms with Gasteiger partial charge in [-0.15, -0.1) is 0 Å². The minimum absolute atomic E-state index is 0.183. The molecule has 1 aromatic carbocycles. The first-order valence-corrected chi connectivity index (χ1v) is 7.46. The molecule has 0 spiro atoms. The number of halogens is 2. The van der Waals surface area contributed by atoms with Crippen molar-refractivity contribution < 1.29 is 19.1 Å². The Morgan fingerprint density at radius 3 is 2.57 bits per heavy atom. The first-order chi connectivity index (χ1) is 9.93. The highest BCUT2D eigenvalue weighted by atomic mass is 79.9. The van der Waals surface area contributed by atoms with E-state index in [1.807, 2.05) is 0 Å². The van der Waals surface area contributed by atoms with Crippen LogP contribution >= 0.6 is 15.9 Å². The number of hydrogen-bond acceptors (Lipinski definition) is 2. The number of benzene rings is 1. The molecule has 1 saturated carbocycles. The molecule has 3 N–H and O–H groups in total. The van der Waals surface area contributed by atoms with Crippen molar-refractivity contribution in [2.75, 3.05) is 0 Å². The summed E-state index contributed by atoms with van der Waals surface area (Å²) in [6.45, 7) is 0.183. The van der Waals surface area contributed by atoms with Crippen molar-refractivity contribution in [2.24, 2.45) is 0 Å². The van der Waals surface area contributed by atoms with E-state index in [2.05, 4.69) is 26.6 Å². The second kappa shape index (κ2) is 6.43. The van der Waals surface area contributed by atoms with Crippen LogP contribution in [0.5, 0.6) is 0 Å². The van der Waals surface area contributed by atoms with E-state index in [9.17, 15) is 19.1 Å². The zero-order chi connectivity index (χ0) is 15.5. The zero-order valence-corrected chi connectivity index (χ0v) is 12.9. The van der Waals surface area contributed by atoms with E-state index in [0.717, 1.165) is 12.8 Å². The molecule has 1 fully saturated rings. The van der Waals surface area contributed by atoms with Crippen LogP contribution in [-0.2, 0) is 11.3 Å². The average molecular weight is 359 g/mol. The molecule has 0 aliphatic heterocycles. The van der Waals surface area contributed by atoms with E-state index in [0.29, 0.717) is 22.9 Å². The van der Waals surface area contributed by atoms with E-state index in [-0.39, 0.29) is 12.4 Å². The summed E-state index contributed by atoms with van der Waals surface area (Å²) in [5.74, 6) is -1.37. The maximum absolute atomic E-state index is 13.0. The number of carbonyl (C=O) groups is 2. The summed E-state index contributed by atoms with van der Waals surface area (Å²) in [6, 6.07) is 3.64. The van der Waals surface area contributed by atoms with Gasteiger partial charge in [0.25, 0.3) is 0 Å². The van der Waals surface area contributed by atoms with Gasteiger partial charge in [0.15, 0.2) is 0 Å². The van der Waals surface area contributed by atoms with Crippen molar-refractivity contribution in [1.82, 2.24) is 10.6 Å². The molecular weight excluding hydrogens is 343 g/mol. The Balaban J connectivity index is 1.94. The SMILES string of the molecule is O=C(NCc1ccc(F)cc1Br)NC1(C(=O)O)CCCC1. The molecule has 114 valence electrons. The topological polar surface area (TPSA) is 78.4 Å². The van der Waals surface area contributed by atoms with Gasteiger partial charge in [-0.1, -0.05) is 34.8 Å². The lowest BCUT2D eigenvalue weighted by molar-refractivity contribution is -0.144. The standard InChI is InChI=1S/C14H16BrFN2O3/c15-11-7-10(16)4-3-9(11)8-17-13(21)18-14(12(19)20)5-1-2-6-14/h3-4,7H,1-2,5-6,8H2,(H,19,20)(H2,17,18,21). The number of carbonyl (C=O) groups excluding carboxylic acids is 1. The molecule has 2 amide bonds. The Kier molecular flexibility index (Phi) is 4.82. The summed E-state index contributed by atoms with van der Waals surface area (Å²) >= 11 is 3.21. The third kappa shape index (κ3) is 3.72. The quantitative estimate of drug-likeness (QED) is 0.774. The number of nitrogens with one attached hydrogen (secondary N) is 2. The number of carboxylic acid groups (broad SMARTS) is 1. The lowest BCUT2D eigenvalue weighted by Crippen LogP contribution is -2.55. The highest BCUT2D eigenvalue weighted by Crippen LogP contribution is 2.29. The molecular formula is C14H16BrFN2O3. The number of hydrogen-bond donors (Lipinski definition) is 3. The molecule has 1 aliphatic carbocycles. The van der Waals surface area contributed by atoms with Crippen molar-refractivity contribution in [2.45, 2.75) is 37.8 Å². The van der Waals surface area contributed by atoms with Crippen molar-refractivity contribution in [3.8, 4) is 0 Å². The molecule has 1 aromatic rings. The van der Waals surface area contributed by atoms with Gasteiger partial charge < -0.3 is 15.7 Å². The van der Waals surface area contributed by atoms with Crippen molar-refractivity contribution >= 4 is 27.9 Å². The van der Waals surface area contributed by atoms with E-state index in [1.54, 1.807) is 6.07 Å². The fraction of sp³-hybridized carbons (Fsp3) is 0.429. The first kappa shape index (κ1) is 15.8. The Morgan fingerprint density at radius 2 is 2.00 bits per heavy atom. The third-order valence-corrected chi connectivity index (χ3v) is 4.41. The van der Waals surface area contributed by atoms with Gasteiger partial charge in [0.2, 0.25) is 0 Å². The maximum atomic E-state index is 13.0. The molecule has 7 heteroatoms. The molecule has 1 aliphatic rings. The zero-order valence-electron chi connectivity index (χ0n) is 11.3. The Hall–Kier alpha value is -1.63. The van der Waals surface area contributed by atoms with E-state index < -0.39 is 17.5 Å². The average Bonchev–Trinajstić information content (AvgIpc) is 2.87. The van der Waals surface area contributed by atoms with Gasteiger partial charge in [0.05, 0.1) is 0 Å². The van der Waals surface area contributed by atoms with Gasteiger partial charge in [-0.2, -0.15) is 0 Å².